The van der Waals surface area contributed by atoms with Crippen LogP contribution in [0.2, 0.25) is 0 Å². The van der Waals surface area contributed by atoms with Crippen LogP contribution >= 0.6 is 0 Å². The maximum atomic E-state index is 12.2. The van der Waals surface area contributed by atoms with Crippen LogP contribution in [0.25, 0.3) is 0 Å². The van der Waals surface area contributed by atoms with Crippen LogP contribution in [0.4, 0.5) is 0 Å². The van der Waals surface area contributed by atoms with Gasteiger partial charge < -0.3 is 0 Å². The summed E-state index contributed by atoms with van der Waals surface area (Å²) in [6.07, 6.45) is 0.627. The molecule has 4 nitrogen and oxygen atoms in total. The number of sulfonamides is 1. The molecule has 2 rings (SSSR count). The predicted molar refractivity (Wildman–Crippen MR) is 63.7 cm³/mol. The van der Waals surface area contributed by atoms with Crippen molar-refractivity contribution in [2.45, 2.75) is 18.2 Å². The van der Waals surface area contributed by atoms with Crippen LogP contribution in [-0.2, 0) is 10.0 Å². The summed E-state index contributed by atoms with van der Waals surface area (Å²) in [4.78, 5) is 0.307. The Bertz CT molecular complexity index is 543. The van der Waals surface area contributed by atoms with Crippen molar-refractivity contribution in [1.82, 2.24) is 4.31 Å². The van der Waals surface area contributed by atoms with Gasteiger partial charge in [0.2, 0.25) is 10.0 Å². The predicted octanol–water partition coefficient (Wildman–Crippen LogP) is 1.53. The van der Waals surface area contributed by atoms with E-state index in [1.54, 1.807) is 24.3 Å². The summed E-state index contributed by atoms with van der Waals surface area (Å²) in [6.45, 7) is 2.67. The Morgan fingerprint density at radius 2 is 2.00 bits per heavy atom. The second-order valence-corrected chi connectivity index (χ2v) is 6.23. The molecule has 1 saturated heterocycles. The highest BCUT2D eigenvalue weighted by Gasteiger charge is 2.32. The van der Waals surface area contributed by atoms with Crippen LogP contribution in [0, 0.1) is 24.2 Å². The van der Waals surface area contributed by atoms with Gasteiger partial charge >= 0.3 is 0 Å². The summed E-state index contributed by atoms with van der Waals surface area (Å²) >= 11 is 0. The Balaban J connectivity index is 2.26. The lowest BCUT2D eigenvalue weighted by atomic mass is 10.1. The number of hydrogen-bond acceptors (Lipinski definition) is 3. The first kappa shape index (κ1) is 12.1. The Labute approximate surface area is 102 Å². The molecule has 0 aromatic heterocycles. The van der Waals surface area contributed by atoms with E-state index in [0.29, 0.717) is 24.4 Å². The zero-order valence-electron chi connectivity index (χ0n) is 9.63. The molecule has 0 saturated carbocycles. The van der Waals surface area contributed by atoms with Crippen LogP contribution in [0.5, 0.6) is 0 Å². The van der Waals surface area contributed by atoms with Gasteiger partial charge in [-0.1, -0.05) is 17.7 Å². The molecular formula is C12H14N2O2S. The minimum absolute atomic E-state index is 0.171. The first-order chi connectivity index (χ1) is 8.04. The molecule has 1 heterocycles. The van der Waals surface area contributed by atoms with Crippen molar-refractivity contribution in [3.8, 4) is 6.07 Å². The van der Waals surface area contributed by atoms with Crippen LogP contribution in [0.1, 0.15) is 12.0 Å². The van der Waals surface area contributed by atoms with Gasteiger partial charge in [0.05, 0.1) is 16.9 Å². The van der Waals surface area contributed by atoms with Crippen molar-refractivity contribution >= 4 is 10.0 Å². The van der Waals surface area contributed by atoms with Gasteiger partial charge in [-0.15, -0.1) is 0 Å². The molecule has 1 atom stereocenters. The highest BCUT2D eigenvalue weighted by Crippen LogP contribution is 2.23. The van der Waals surface area contributed by atoms with E-state index in [2.05, 4.69) is 6.07 Å². The number of hydrogen-bond donors (Lipinski definition) is 0. The first-order valence-corrected chi connectivity index (χ1v) is 6.94. The van der Waals surface area contributed by atoms with Crippen LogP contribution in [-0.4, -0.2) is 25.8 Å². The number of rotatable bonds is 2. The van der Waals surface area contributed by atoms with E-state index in [0.717, 1.165) is 5.56 Å². The molecular weight excluding hydrogens is 236 g/mol. The summed E-state index contributed by atoms with van der Waals surface area (Å²) < 4.78 is 25.8. The largest absolute Gasteiger partial charge is 0.243 e. The Hall–Kier alpha value is -1.38. The Morgan fingerprint density at radius 1 is 1.35 bits per heavy atom. The Kier molecular flexibility index (Phi) is 3.18. The number of nitriles is 1. The topological polar surface area (TPSA) is 61.2 Å². The van der Waals surface area contributed by atoms with Gasteiger partial charge in [0, 0.05) is 13.1 Å². The van der Waals surface area contributed by atoms with Crippen molar-refractivity contribution < 1.29 is 8.42 Å². The molecule has 1 aliphatic heterocycles. The summed E-state index contributed by atoms with van der Waals surface area (Å²) in [6, 6.07) is 8.92. The molecule has 1 aliphatic rings. The molecule has 1 unspecified atom stereocenters. The van der Waals surface area contributed by atoms with Gasteiger partial charge in [-0.05, 0) is 25.5 Å². The second kappa shape index (κ2) is 4.47. The number of benzene rings is 1. The van der Waals surface area contributed by atoms with E-state index in [4.69, 9.17) is 5.26 Å². The average Bonchev–Trinajstić information content (AvgIpc) is 2.78. The molecule has 0 bridgehead atoms. The minimum Gasteiger partial charge on any atom is -0.207 e. The maximum Gasteiger partial charge on any atom is 0.243 e. The average molecular weight is 250 g/mol. The third-order valence-electron chi connectivity index (χ3n) is 2.99. The van der Waals surface area contributed by atoms with Crippen molar-refractivity contribution in [1.29, 1.82) is 5.26 Å². The molecule has 0 amide bonds. The van der Waals surface area contributed by atoms with Gasteiger partial charge in [-0.2, -0.15) is 9.57 Å². The molecule has 0 radical (unpaired) electrons. The van der Waals surface area contributed by atoms with E-state index >= 15 is 0 Å². The molecule has 1 aromatic rings. The van der Waals surface area contributed by atoms with E-state index in [-0.39, 0.29) is 5.92 Å². The van der Waals surface area contributed by atoms with E-state index < -0.39 is 10.0 Å². The highest BCUT2D eigenvalue weighted by molar-refractivity contribution is 7.89. The maximum absolute atomic E-state index is 12.2. The molecule has 0 spiro atoms. The van der Waals surface area contributed by atoms with Gasteiger partial charge in [-0.3, -0.25) is 0 Å². The molecule has 0 N–H and O–H groups in total. The lowest BCUT2D eigenvalue weighted by Gasteiger charge is -2.15. The van der Waals surface area contributed by atoms with E-state index in [9.17, 15) is 8.42 Å². The van der Waals surface area contributed by atoms with Crippen LogP contribution in [0.15, 0.2) is 29.2 Å². The van der Waals surface area contributed by atoms with Crippen LogP contribution < -0.4 is 0 Å². The molecule has 0 aliphatic carbocycles. The summed E-state index contributed by atoms with van der Waals surface area (Å²) in [5.74, 6) is -0.171. The standard InChI is InChI=1S/C12H14N2O2S/c1-10-2-4-12(5-3-10)17(15,16)14-7-6-11(8-13)9-14/h2-5,11H,6-7,9H2,1H3. The second-order valence-electron chi connectivity index (χ2n) is 4.29. The lowest BCUT2D eigenvalue weighted by Crippen LogP contribution is -2.28. The molecule has 90 valence electrons. The third-order valence-corrected chi connectivity index (χ3v) is 4.87. The minimum atomic E-state index is -3.42. The number of aryl methyl sites for hydroxylation is 1. The molecule has 5 heteroatoms. The first-order valence-electron chi connectivity index (χ1n) is 5.50. The van der Waals surface area contributed by atoms with Crippen molar-refractivity contribution in [3.05, 3.63) is 29.8 Å². The van der Waals surface area contributed by atoms with Crippen molar-refractivity contribution in [2.75, 3.05) is 13.1 Å². The van der Waals surface area contributed by atoms with Gasteiger partial charge in [0.15, 0.2) is 0 Å². The summed E-state index contributed by atoms with van der Waals surface area (Å²) in [5, 5.41) is 8.78. The number of nitrogens with zero attached hydrogens (tertiary/aromatic N) is 2. The van der Waals surface area contributed by atoms with Gasteiger partial charge in [0.25, 0.3) is 0 Å². The Morgan fingerprint density at radius 3 is 2.53 bits per heavy atom. The van der Waals surface area contributed by atoms with Crippen molar-refractivity contribution in [3.63, 3.8) is 0 Å². The monoisotopic (exact) mass is 250 g/mol. The van der Waals surface area contributed by atoms with Crippen LogP contribution in [0.3, 0.4) is 0 Å². The fourth-order valence-corrected chi connectivity index (χ4v) is 3.41. The fraction of sp³-hybridized carbons (Fsp3) is 0.417. The normalized spacial score (nSPS) is 21.3. The van der Waals surface area contributed by atoms with Gasteiger partial charge in [-0.25, -0.2) is 8.42 Å². The zero-order valence-corrected chi connectivity index (χ0v) is 10.4. The smallest absolute Gasteiger partial charge is 0.207 e. The van der Waals surface area contributed by atoms with Crippen molar-refractivity contribution in [2.24, 2.45) is 5.92 Å². The van der Waals surface area contributed by atoms with E-state index in [1.165, 1.54) is 4.31 Å². The lowest BCUT2D eigenvalue weighted by molar-refractivity contribution is 0.471. The summed E-state index contributed by atoms with van der Waals surface area (Å²) in [7, 11) is -3.42. The fourth-order valence-electron chi connectivity index (χ4n) is 1.91. The van der Waals surface area contributed by atoms with E-state index in [1.807, 2.05) is 6.92 Å². The van der Waals surface area contributed by atoms with Gasteiger partial charge in [0.1, 0.15) is 0 Å². The third kappa shape index (κ3) is 2.33. The molecule has 17 heavy (non-hydrogen) atoms. The highest BCUT2D eigenvalue weighted by atomic mass is 32.2. The zero-order chi connectivity index (χ0) is 12.5. The summed E-state index contributed by atoms with van der Waals surface area (Å²) in [5.41, 5.74) is 1.03. The SMILES string of the molecule is Cc1ccc(S(=O)(=O)N2CCC(C#N)C2)cc1. The molecule has 1 fully saturated rings. The molecule has 1 aromatic carbocycles. The quantitative estimate of drug-likeness (QED) is 0.799.